The molecule has 4 N–H and O–H groups in total. The first-order valence-electron chi connectivity index (χ1n) is 11.1. The van der Waals surface area contributed by atoms with E-state index in [-0.39, 0.29) is 29.4 Å². The topological polar surface area (TPSA) is 134 Å². The summed E-state index contributed by atoms with van der Waals surface area (Å²) in [5, 5.41) is 0. The largest absolute Gasteiger partial charge is 0.457 e. The Kier molecular flexibility index (Phi) is 5.58. The molecule has 0 unspecified atom stereocenters. The molecule has 1 amide bonds. The fourth-order valence-electron chi connectivity index (χ4n) is 4.33. The molecule has 10 nitrogen and oxygen atoms in total. The molecule has 0 aliphatic carbocycles. The van der Waals surface area contributed by atoms with Gasteiger partial charge in [-0.05, 0) is 55.7 Å². The summed E-state index contributed by atoms with van der Waals surface area (Å²) < 4.78 is 8.87. The van der Waals surface area contributed by atoms with Crippen molar-refractivity contribution in [3.05, 3.63) is 65.1 Å². The Morgan fingerprint density at radius 3 is 2.49 bits per heavy atom. The predicted molar refractivity (Wildman–Crippen MR) is 132 cm³/mol. The van der Waals surface area contributed by atoms with Gasteiger partial charge in [-0.1, -0.05) is 24.1 Å². The van der Waals surface area contributed by atoms with Crippen LogP contribution in [0.5, 0.6) is 11.5 Å². The first-order chi connectivity index (χ1) is 17.0. The van der Waals surface area contributed by atoms with Gasteiger partial charge >= 0.3 is 5.69 Å². The van der Waals surface area contributed by atoms with Crippen molar-refractivity contribution in [3.63, 3.8) is 0 Å². The van der Waals surface area contributed by atoms with Gasteiger partial charge in [-0.15, -0.1) is 0 Å². The van der Waals surface area contributed by atoms with E-state index in [1.807, 2.05) is 30.3 Å². The number of carbonyl (C=O) groups excluding carboxylic acids is 1. The minimum atomic E-state index is -0.343. The number of fused-ring (bicyclic) bond motifs is 1. The molecule has 176 valence electrons. The molecular weight excluding hydrogens is 446 g/mol. The van der Waals surface area contributed by atoms with Crippen LogP contribution in [0.2, 0.25) is 0 Å². The van der Waals surface area contributed by atoms with Crippen LogP contribution in [0.4, 0.5) is 11.8 Å². The van der Waals surface area contributed by atoms with Gasteiger partial charge in [0.15, 0.2) is 11.5 Å². The number of ether oxygens (including phenoxy) is 1. The Morgan fingerprint density at radius 1 is 1.06 bits per heavy atom. The lowest BCUT2D eigenvalue weighted by atomic mass is 10.2. The molecule has 0 spiro atoms. The number of aromatic nitrogens is 4. The van der Waals surface area contributed by atoms with Gasteiger partial charge in [0.1, 0.15) is 17.0 Å². The lowest BCUT2D eigenvalue weighted by molar-refractivity contribution is -0.124. The molecule has 0 radical (unpaired) electrons. The summed E-state index contributed by atoms with van der Waals surface area (Å²) >= 11 is 0. The van der Waals surface area contributed by atoms with E-state index >= 15 is 0 Å². The number of hydrogen-bond donors (Lipinski definition) is 2. The minimum Gasteiger partial charge on any atom is -0.457 e. The molecule has 2 aromatic carbocycles. The van der Waals surface area contributed by atoms with Crippen LogP contribution >= 0.6 is 0 Å². The molecule has 2 aromatic heterocycles. The Bertz CT molecular complexity index is 1530. The zero-order valence-electron chi connectivity index (χ0n) is 19.0. The highest BCUT2D eigenvalue weighted by Gasteiger charge is 2.31. The molecule has 4 aromatic rings. The third-order valence-corrected chi connectivity index (χ3v) is 5.88. The second-order valence-electron chi connectivity index (χ2n) is 8.10. The molecule has 1 saturated heterocycles. The highest BCUT2D eigenvalue weighted by atomic mass is 16.5. The maximum absolute atomic E-state index is 13.7. The standard InChI is InChI=1S/C25H23N7O3/c1-2-6-20(33)30-14-13-17(15-30)32-23-21(22(26)28-24(27)29-23)31(25(32)34)16-9-11-19(12-10-16)35-18-7-4-3-5-8-18/h3-5,7-12,17H,13-15H2,1H3,(H4,26,27,28,29)/t17-/m1/s1. The number of hydrogen-bond acceptors (Lipinski definition) is 7. The molecular formula is C25H23N7O3. The van der Waals surface area contributed by atoms with Crippen LogP contribution in [-0.4, -0.2) is 43.0 Å². The normalized spacial score (nSPS) is 15.1. The van der Waals surface area contributed by atoms with Gasteiger partial charge in [0.25, 0.3) is 5.91 Å². The fourth-order valence-corrected chi connectivity index (χ4v) is 4.33. The molecule has 1 aliphatic rings. The fraction of sp³-hybridized carbons (Fsp3) is 0.200. The predicted octanol–water partition coefficient (Wildman–Crippen LogP) is 2.34. The molecule has 0 saturated carbocycles. The Morgan fingerprint density at radius 2 is 1.77 bits per heavy atom. The van der Waals surface area contributed by atoms with E-state index in [2.05, 4.69) is 21.8 Å². The quantitative estimate of drug-likeness (QED) is 0.438. The lowest BCUT2D eigenvalue weighted by Gasteiger charge is -2.14. The summed E-state index contributed by atoms with van der Waals surface area (Å²) in [6.07, 6.45) is 0.573. The molecule has 3 heterocycles. The molecule has 10 heteroatoms. The van der Waals surface area contributed by atoms with Crippen molar-refractivity contribution in [1.29, 1.82) is 0 Å². The number of para-hydroxylation sites is 1. The number of benzene rings is 2. The maximum Gasteiger partial charge on any atom is 0.335 e. The lowest BCUT2D eigenvalue weighted by Crippen LogP contribution is -2.31. The van der Waals surface area contributed by atoms with Crippen LogP contribution in [0.25, 0.3) is 16.9 Å². The summed E-state index contributed by atoms with van der Waals surface area (Å²) in [4.78, 5) is 36.0. The Labute approximate surface area is 200 Å². The van der Waals surface area contributed by atoms with Gasteiger partial charge in [0, 0.05) is 13.1 Å². The summed E-state index contributed by atoms with van der Waals surface area (Å²) in [6, 6.07) is 16.2. The van der Waals surface area contributed by atoms with E-state index in [4.69, 9.17) is 16.2 Å². The van der Waals surface area contributed by atoms with Crippen molar-refractivity contribution in [1.82, 2.24) is 24.0 Å². The molecule has 1 aliphatic heterocycles. The van der Waals surface area contributed by atoms with E-state index in [0.717, 1.165) is 0 Å². The molecule has 1 atom stereocenters. The van der Waals surface area contributed by atoms with E-state index in [9.17, 15) is 9.59 Å². The Balaban J connectivity index is 1.57. The number of imidazole rings is 1. The molecule has 5 rings (SSSR count). The van der Waals surface area contributed by atoms with Gasteiger partial charge < -0.3 is 21.1 Å². The maximum atomic E-state index is 13.7. The number of rotatable bonds is 4. The van der Waals surface area contributed by atoms with Crippen LogP contribution in [0.3, 0.4) is 0 Å². The van der Waals surface area contributed by atoms with Crippen LogP contribution in [0.15, 0.2) is 59.4 Å². The molecule has 35 heavy (non-hydrogen) atoms. The van der Waals surface area contributed by atoms with Crippen molar-refractivity contribution in [3.8, 4) is 29.0 Å². The number of amides is 1. The van der Waals surface area contributed by atoms with Gasteiger partial charge in [0.05, 0.1) is 11.7 Å². The second-order valence-corrected chi connectivity index (χ2v) is 8.10. The van der Waals surface area contributed by atoms with E-state index < -0.39 is 0 Å². The zero-order chi connectivity index (χ0) is 24.5. The van der Waals surface area contributed by atoms with E-state index in [1.165, 1.54) is 4.57 Å². The van der Waals surface area contributed by atoms with Gasteiger partial charge in [0.2, 0.25) is 5.95 Å². The van der Waals surface area contributed by atoms with Crippen LogP contribution in [0, 0.1) is 11.8 Å². The average molecular weight is 470 g/mol. The number of anilines is 2. The third kappa shape index (κ3) is 4.04. The minimum absolute atomic E-state index is 0.0321. The second kappa shape index (κ2) is 8.87. The summed E-state index contributed by atoms with van der Waals surface area (Å²) in [7, 11) is 0. The summed E-state index contributed by atoms with van der Waals surface area (Å²) in [5.41, 5.74) is 13.0. The van der Waals surface area contributed by atoms with Crippen molar-refractivity contribution in [2.45, 2.75) is 19.4 Å². The third-order valence-electron chi connectivity index (χ3n) is 5.88. The Hall–Kier alpha value is -4.78. The van der Waals surface area contributed by atoms with Gasteiger partial charge in [-0.3, -0.25) is 13.9 Å². The smallest absolute Gasteiger partial charge is 0.335 e. The van der Waals surface area contributed by atoms with Crippen molar-refractivity contribution < 1.29 is 9.53 Å². The van der Waals surface area contributed by atoms with Crippen LogP contribution < -0.4 is 21.9 Å². The van der Waals surface area contributed by atoms with Crippen molar-refractivity contribution >= 4 is 28.8 Å². The highest BCUT2D eigenvalue weighted by molar-refractivity contribution is 5.93. The van der Waals surface area contributed by atoms with Gasteiger partial charge in [-0.2, -0.15) is 9.97 Å². The first kappa shape index (κ1) is 22.0. The number of nitrogens with zero attached hydrogens (tertiary/aromatic N) is 5. The molecule has 0 bridgehead atoms. The SMILES string of the molecule is CC#CC(=O)N1CC[C@@H](n2c(=O)n(-c3ccc(Oc4ccccc4)cc3)c3c(N)nc(N)nc32)C1. The first-order valence-corrected chi connectivity index (χ1v) is 11.1. The van der Waals surface area contributed by atoms with Gasteiger partial charge in [-0.25, -0.2) is 4.79 Å². The highest BCUT2D eigenvalue weighted by Crippen LogP contribution is 2.29. The van der Waals surface area contributed by atoms with E-state index in [1.54, 1.807) is 40.7 Å². The molecule has 1 fully saturated rings. The number of likely N-dealkylation sites (tertiary alicyclic amines) is 1. The number of nitrogen functional groups attached to an aromatic ring is 2. The number of carbonyl (C=O) groups is 1. The van der Waals surface area contributed by atoms with Crippen LogP contribution in [0.1, 0.15) is 19.4 Å². The zero-order valence-corrected chi connectivity index (χ0v) is 19.0. The summed E-state index contributed by atoms with van der Waals surface area (Å²) in [6.45, 7) is 2.43. The van der Waals surface area contributed by atoms with E-state index in [0.29, 0.717) is 47.9 Å². The summed E-state index contributed by atoms with van der Waals surface area (Å²) in [5.74, 6) is 6.29. The van der Waals surface area contributed by atoms with Crippen molar-refractivity contribution in [2.24, 2.45) is 0 Å². The average Bonchev–Trinajstić information content (AvgIpc) is 3.43. The van der Waals surface area contributed by atoms with Crippen LogP contribution in [-0.2, 0) is 4.79 Å². The van der Waals surface area contributed by atoms with Crippen molar-refractivity contribution in [2.75, 3.05) is 24.6 Å². The number of nitrogens with two attached hydrogens (primary N) is 2. The monoisotopic (exact) mass is 469 g/mol.